The fourth-order valence-electron chi connectivity index (χ4n) is 1.22. The average Bonchev–Trinajstić information content (AvgIpc) is 2.29. The van der Waals surface area contributed by atoms with E-state index < -0.39 is 4.92 Å². The first-order valence-corrected chi connectivity index (χ1v) is 4.83. The molecule has 0 atom stereocenters. The number of carbonyl (C=O) groups excluding carboxylic acids is 1. The summed E-state index contributed by atoms with van der Waals surface area (Å²) in [4.78, 5) is 21.1. The molecule has 1 aromatic rings. The number of nitrogens with zero attached hydrogens (tertiary/aromatic N) is 1. The minimum Gasteiger partial charge on any atom is -0.379 e. The number of hydrogen-bond donors (Lipinski definition) is 2. The fourth-order valence-corrected chi connectivity index (χ4v) is 1.22. The zero-order chi connectivity index (χ0) is 12.0. The van der Waals surface area contributed by atoms with Crippen LogP contribution >= 0.6 is 0 Å². The monoisotopic (exact) mass is 223 g/mol. The Morgan fingerprint density at radius 3 is 2.75 bits per heavy atom. The molecule has 0 fully saturated rings. The summed E-state index contributed by atoms with van der Waals surface area (Å²) in [5, 5.41) is 16.0. The summed E-state index contributed by atoms with van der Waals surface area (Å²) in [6.45, 7) is 0.366. The molecular formula is C10H13N3O3. The molecule has 0 radical (unpaired) electrons. The Kier molecular flexibility index (Phi) is 4.26. The van der Waals surface area contributed by atoms with Crippen molar-refractivity contribution < 1.29 is 9.72 Å². The van der Waals surface area contributed by atoms with E-state index in [1.165, 1.54) is 6.07 Å². The van der Waals surface area contributed by atoms with Crippen molar-refractivity contribution in [3.63, 3.8) is 0 Å². The van der Waals surface area contributed by atoms with E-state index in [9.17, 15) is 14.9 Å². The lowest BCUT2D eigenvalue weighted by atomic mass is 10.2. The molecule has 1 rings (SSSR count). The Labute approximate surface area is 92.8 Å². The molecule has 2 N–H and O–H groups in total. The van der Waals surface area contributed by atoms with Gasteiger partial charge in [-0.3, -0.25) is 14.9 Å². The van der Waals surface area contributed by atoms with Crippen LogP contribution in [0.4, 0.5) is 11.4 Å². The number of nitro benzene ring substituents is 1. The van der Waals surface area contributed by atoms with Gasteiger partial charge in [0.2, 0.25) is 5.91 Å². The van der Waals surface area contributed by atoms with Gasteiger partial charge in [-0.2, -0.15) is 0 Å². The second kappa shape index (κ2) is 5.69. The first-order chi connectivity index (χ1) is 7.65. The van der Waals surface area contributed by atoms with Gasteiger partial charge in [0.15, 0.2) is 0 Å². The van der Waals surface area contributed by atoms with Crippen LogP contribution in [-0.2, 0) is 4.79 Å². The van der Waals surface area contributed by atoms with Crippen LogP contribution in [0.15, 0.2) is 24.3 Å². The second-order valence-electron chi connectivity index (χ2n) is 3.12. The summed E-state index contributed by atoms with van der Waals surface area (Å²) < 4.78 is 0. The lowest BCUT2D eigenvalue weighted by Crippen LogP contribution is -2.20. The number of anilines is 1. The molecule has 0 aliphatic heterocycles. The third kappa shape index (κ3) is 3.23. The van der Waals surface area contributed by atoms with Crippen molar-refractivity contribution in [2.75, 3.05) is 18.9 Å². The van der Waals surface area contributed by atoms with Crippen LogP contribution in [0.5, 0.6) is 0 Å². The molecule has 6 nitrogen and oxygen atoms in total. The third-order valence-corrected chi connectivity index (χ3v) is 2.05. The lowest BCUT2D eigenvalue weighted by molar-refractivity contribution is -0.384. The van der Waals surface area contributed by atoms with Crippen LogP contribution in [0.3, 0.4) is 0 Å². The largest absolute Gasteiger partial charge is 0.379 e. The van der Waals surface area contributed by atoms with Crippen molar-refractivity contribution in [1.82, 2.24) is 5.32 Å². The van der Waals surface area contributed by atoms with Crippen molar-refractivity contribution in [2.24, 2.45) is 0 Å². The third-order valence-electron chi connectivity index (χ3n) is 2.05. The maximum Gasteiger partial charge on any atom is 0.292 e. The minimum absolute atomic E-state index is 0.0133. The lowest BCUT2D eigenvalue weighted by Gasteiger charge is -2.05. The van der Waals surface area contributed by atoms with E-state index in [2.05, 4.69) is 10.6 Å². The van der Waals surface area contributed by atoms with Crippen LogP contribution in [0, 0.1) is 10.1 Å². The van der Waals surface area contributed by atoms with E-state index in [4.69, 9.17) is 0 Å². The number of hydrogen-bond acceptors (Lipinski definition) is 4. The molecule has 0 heterocycles. The molecule has 0 unspecified atom stereocenters. The van der Waals surface area contributed by atoms with Gasteiger partial charge in [0, 0.05) is 26.1 Å². The molecule has 0 aromatic heterocycles. The predicted molar refractivity (Wildman–Crippen MR) is 60.3 cm³/mol. The van der Waals surface area contributed by atoms with Crippen molar-refractivity contribution in [3.8, 4) is 0 Å². The average molecular weight is 223 g/mol. The van der Waals surface area contributed by atoms with Crippen LogP contribution in [0.1, 0.15) is 6.42 Å². The van der Waals surface area contributed by atoms with Gasteiger partial charge in [0.25, 0.3) is 5.69 Å². The molecule has 0 aliphatic rings. The van der Waals surface area contributed by atoms with Gasteiger partial charge >= 0.3 is 0 Å². The Morgan fingerprint density at radius 1 is 1.44 bits per heavy atom. The van der Waals surface area contributed by atoms with E-state index in [0.717, 1.165) is 0 Å². The zero-order valence-corrected chi connectivity index (χ0v) is 8.90. The summed E-state index contributed by atoms with van der Waals surface area (Å²) in [5.74, 6) is -0.105. The predicted octanol–water partition coefficient (Wildman–Crippen LogP) is 1.14. The zero-order valence-electron chi connectivity index (χ0n) is 8.90. The van der Waals surface area contributed by atoms with E-state index in [0.29, 0.717) is 12.2 Å². The van der Waals surface area contributed by atoms with E-state index in [1.807, 2.05) is 0 Å². The van der Waals surface area contributed by atoms with Gasteiger partial charge in [-0.25, -0.2) is 0 Å². The Hall–Kier alpha value is -2.11. The number of para-hydroxylation sites is 2. The summed E-state index contributed by atoms with van der Waals surface area (Å²) in [7, 11) is 1.55. The van der Waals surface area contributed by atoms with Crippen molar-refractivity contribution in [1.29, 1.82) is 0 Å². The Balaban J connectivity index is 2.60. The molecule has 6 heteroatoms. The quantitative estimate of drug-likeness (QED) is 0.579. The van der Waals surface area contributed by atoms with E-state index in [1.54, 1.807) is 25.2 Å². The van der Waals surface area contributed by atoms with Gasteiger partial charge in [-0.1, -0.05) is 12.1 Å². The molecule has 0 aliphatic carbocycles. The number of amides is 1. The summed E-state index contributed by atoms with van der Waals surface area (Å²) >= 11 is 0. The minimum atomic E-state index is -0.456. The molecule has 1 aromatic carbocycles. The molecule has 0 saturated carbocycles. The normalized spacial score (nSPS) is 9.56. The van der Waals surface area contributed by atoms with Gasteiger partial charge in [0.1, 0.15) is 5.69 Å². The maximum atomic E-state index is 10.9. The van der Waals surface area contributed by atoms with Gasteiger partial charge in [-0.15, -0.1) is 0 Å². The molecule has 0 spiro atoms. The van der Waals surface area contributed by atoms with Crippen molar-refractivity contribution in [2.45, 2.75) is 6.42 Å². The van der Waals surface area contributed by atoms with Crippen LogP contribution in [-0.4, -0.2) is 24.4 Å². The maximum absolute atomic E-state index is 10.9. The van der Waals surface area contributed by atoms with E-state index >= 15 is 0 Å². The van der Waals surface area contributed by atoms with Crippen LogP contribution < -0.4 is 10.6 Å². The summed E-state index contributed by atoms with van der Waals surface area (Å²) in [5.41, 5.74) is 0.441. The van der Waals surface area contributed by atoms with Crippen molar-refractivity contribution in [3.05, 3.63) is 34.4 Å². The molecule has 16 heavy (non-hydrogen) atoms. The van der Waals surface area contributed by atoms with Crippen molar-refractivity contribution >= 4 is 17.3 Å². The van der Waals surface area contributed by atoms with Gasteiger partial charge in [0.05, 0.1) is 4.92 Å². The Morgan fingerprint density at radius 2 is 2.12 bits per heavy atom. The van der Waals surface area contributed by atoms with Gasteiger partial charge in [-0.05, 0) is 6.07 Å². The molecule has 0 saturated heterocycles. The highest BCUT2D eigenvalue weighted by Crippen LogP contribution is 2.22. The first kappa shape index (κ1) is 12.0. The summed E-state index contributed by atoms with van der Waals surface area (Å²) in [6.07, 6.45) is 0.280. The van der Waals surface area contributed by atoms with Crippen LogP contribution in [0.2, 0.25) is 0 Å². The number of benzene rings is 1. The van der Waals surface area contributed by atoms with Crippen LogP contribution in [0.25, 0.3) is 0 Å². The fraction of sp³-hybridized carbons (Fsp3) is 0.300. The van der Waals surface area contributed by atoms with E-state index in [-0.39, 0.29) is 18.0 Å². The number of nitro groups is 1. The number of carbonyl (C=O) groups is 1. The highest BCUT2D eigenvalue weighted by Gasteiger charge is 2.11. The molecular weight excluding hydrogens is 210 g/mol. The second-order valence-corrected chi connectivity index (χ2v) is 3.12. The molecule has 1 amide bonds. The highest BCUT2D eigenvalue weighted by atomic mass is 16.6. The topological polar surface area (TPSA) is 84.3 Å². The SMILES string of the molecule is CNC(=O)CCNc1ccccc1[N+](=O)[O-]. The standard InChI is InChI=1S/C10H13N3O3/c1-11-10(14)6-7-12-8-4-2-3-5-9(8)13(15)16/h2-5,12H,6-7H2,1H3,(H,11,14). The molecule has 0 bridgehead atoms. The first-order valence-electron chi connectivity index (χ1n) is 4.83. The number of rotatable bonds is 5. The smallest absolute Gasteiger partial charge is 0.292 e. The van der Waals surface area contributed by atoms with Gasteiger partial charge < -0.3 is 10.6 Å². The number of nitrogens with one attached hydrogen (secondary N) is 2. The summed E-state index contributed by atoms with van der Waals surface area (Å²) in [6, 6.07) is 6.33. The Bertz CT molecular complexity index is 393. The molecule has 86 valence electrons. The highest BCUT2D eigenvalue weighted by molar-refractivity contribution is 5.76.